The van der Waals surface area contributed by atoms with Crippen molar-refractivity contribution in [2.45, 2.75) is 32.9 Å². The van der Waals surface area contributed by atoms with Gasteiger partial charge in [0.15, 0.2) is 0 Å². The summed E-state index contributed by atoms with van der Waals surface area (Å²) in [7, 11) is 0. The van der Waals surface area contributed by atoms with E-state index in [1.807, 2.05) is 19.1 Å². The highest BCUT2D eigenvalue weighted by atomic mass is 35.5. The molecule has 202 valence electrons. The third-order valence-corrected chi connectivity index (χ3v) is 6.35. The first-order chi connectivity index (χ1) is 18.9. The summed E-state index contributed by atoms with van der Waals surface area (Å²) in [6.07, 6.45) is 0.557. The Morgan fingerprint density at radius 2 is 1.62 bits per heavy atom. The predicted molar refractivity (Wildman–Crippen MR) is 151 cm³/mol. The van der Waals surface area contributed by atoms with E-state index in [-0.39, 0.29) is 30.8 Å². The number of carbonyl (C=O) groups is 2. The molecule has 0 aliphatic rings. The Labute approximate surface area is 230 Å². The van der Waals surface area contributed by atoms with Gasteiger partial charge in [-0.15, -0.1) is 0 Å². The van der Waals surface area contributed by atoms with Gasteiger partial charge in [-0.25, -0.2) is 4.79 Å². The Kier molecular flexibility index (Phi) is 9.17. The lowest BCUT2D eigenvalue weighted by Gasteiger charge is -2.14. The Morgan fingerprint density at radius 3 is 2.33 bits per heavy atom. The van der Waals surface area contributed by atoms with Crippen molar-refractivity contribution >= 4 is 40.0 Å². The minimum Gasteiger partial charge on any atom is -0.494 e. The number of benzene rings is 3. The van der Waals surface area contributed by atoms with Crippen LogP contribution in [-0.2, 0) is 29.1 Å². The van der Waals surface area contributed by atoms with E-state index in [1.165, 1.54) is 4.57 Å². The zero-order chi connectivity index (χ0) is 27.8. The molecular weight excluding hydrogens is 520 g/mol. The molecule has 0 saturated carbocycles. The zero-order valence-electron chi connectivity index (χ0n) is 21.5. The van der Waals surface area contributed by atoms with Gasteiger partial charge in [0.1, 0.15) is 12.3 Å². The van der Waals surface area contributed by atoms with Crippen LogP contribution in [0, 0.1) is 0 Å². The van der Waals surface area contributed by atoms with Crippen LogP contribution in [0.5, 0.6) is 5.75 Å². The lowest BCUT2D eigenvalue weighted by molar-refractivity contribution is -0.121. The average Bonchev–Trinajstić information content (AvgIpc) is 2.93. The molecule has 0 fully saturated rings. The summed E-state index contributed by atoms with van der Waals surface area (Å²) in [6, 6.07) is 20.8. The van der Waals surface area contributed by atoms with Crippen LogP contribution in [0.2, 0.25) is 5.02 Å². The molecule has 0 atom stereocenters. The maximum absolute atomic E-state index is 13.3. The molecule has 2 N–H and O–H groups in total. The maximum atomic E-state index is 13.3. The number of nitrogens with zero attached hydrogens (tertiary/aromatic N) is 2. The molecule has 3 aromatic carbocycles. The zero-order valence-corrected chi connectivity index (χ0v) is 22.2. The Hall–Kier alpha value is -4.37. The first kappa shape index (κ1) is 27.7. The van der Waals surface area contributed by atoms with Crippen molar-refractivity contribution in [1.82, 2.24) is 14.5 Å². The Morgan fingerprint density at radius 1 is 0.897 bits per heavy atom. The fourth-order valence-corrected chi connectivity index (χ4v) is 4.29. The van der Waals surface area contributed by atoms with Crippen molar-refractivity contribution in [1.29, 1.82) is 0 Å². The molecule has 0 aliphatic heterocycles. The summed E-state index contributed by atoms with van der Waals surface area (Å²) in [5.74, 6) is -0.0430. The van der Waals surface area contributed by atoms with Gasteiger partial charge in [-0.3, -0.25) is 23.5 Å². The van der Waals surface area contributed by atoms with E-state index in [1.54, 1.807) is 60.7 Å². The number of anilines is 1. The molecular formula is C29H29ClN4O5. The predicted octanol–water partition coefficient (Wildman–Crippen LogP) is 3.60. The number of halogens is 1. The second-order valence-corrected chi connectivity index (χ2v) is 9.26. The number of carbonyl (C=O) groups excluding carboxylic acids is 2. The highest BCUT2D eigenvalue weighted by Gasteiger charge is 2.16. The first-order valence-electron chi connectivity index (χ1n) is 12.6. The van der Waals surface area contributed by atoms with E-state index in [0.717, 1.165) is 10.1 Å². The third kappa shape index (κ3) is 7.14. The van der Waals surface area contributed by atoms with Gasteiger partial charge in [0.25, 0.3) is 5.56 Å². The monoisotopic (exact) mass is 548 g/mol. The fraction of sp³-hybridized carbons (Fsp3) is 0.241. The number of hydrogen-bond acceptors (Lipinski definition) is 5. The van der Waals surface area contributed by atoms with Crippen molar-refractivity contribution < 1.29 is 14.3 Å². The highest BCUT2D eigenvalue weighted by Crippen LogP contribution is 2.16. The number of para-hydroxylation sites is 1. The molecule has 0 spiro atoms. The van der Waals surface area contributed by atoms with Crippen LogP contribution in [0.4, 0.5) is 5.69 Å². The summed E-state index contributed by atoms with van der Waals surface area (Å²) >= 11 is 5.90. The van der Waals surface area contributed by atoms with Gasteiger partial charge in [0.2, 0.25) is 11.8 Å². The molecule has 10 heteroatoms. The maximum Gasteiger partial charge on any atom is 0.331 e. The second kappa shape index (κ2) is 12.9. The molecule has 4 rings (SSSR count). The average molecular weight is 549 g/mol. The number of amides is 2. The van der Waals surface area contributed by atoms with E-state index in [0.29, 0.717) is 41.5 Å². The largest absolute Gasteiger partial charge is 0.494 e. The van der Waals surface area contributed by atoms with E-state index < -0.39 is 17.2 Å². The van der Waals surface area contributed by atoms with Crippen LogP contribution in [0.25, 0.3) is 10.9 Å². The fourth-order valence-electron chi connectivity index (χ4n) is 4.17. The molecule has 1 aromatic heterocycles. The van der Waals surface area contributed by atoms with Crippen LogP contribution in [0.15, 0.2) is 82.4 Å². The molecule has 9 nitrogen and oxygen atoms in total. The minimum absolute atomic E-state index is 0.0630. The first-order valence-corrected chi connectivity index (χ1v) is 13.0. The molecule has 39 heavy (non-hydrogen) atoms. The van der Waals surface area contributed by atoms with Gasteiger partial charge in [-0.1, -0.05) is 35.9 Å². The quantitative estimate of drug-likeness (QED) is 0.297. The molecule has 0 aliphatic carbocycles. The van der Waals surface area contributed by atoms with E-state index in [9.17, 15) is 19.2 Å². The lowest BCUT2D eigenvalue weighted by atomic mass is 10.1. The van der Waals surface area contributed by atoms with Gasteiger partial charge in [-0.05, 0) is 67.4 Å². The number of fused-ring (bicyclic) bond motifs is 1. The van der Waals surface area contributed by atoms with E-state index in [4.69, 9.17) is 16.3 Å². The van der Waals surface area contributed by atoms with Gasteiger partial charge in [-0.2, -0.15) is 0 Å². The van der Waals surface area contributed by atoms with E-state index >= 15 is 0 Å². The van der Waals surface area contributed by atoms with Crippen molar-refractivity contribution in [2.24, 2.45) is 0 Å². The normalized spacial score (nSPS) is 10.8. The number of ether oxygens (including phenoxy) is 1. The standard InChI is InChI=1S/C29H29ClN4O5/c1-2-39-23-13-11-22(12-14-23)32-27(36)19-34-25-6-4-3-5-24(25)28(37)33(29(34)38)18-16-26(35)31-17-15-20-7-9-21(30)10-8-20/h3-14H,2,15-19H2,1H3,(H,31,35)(H,32,36). The molecule has 1 heterocycles. The number of rotatable bonds is 11. The van der Waals surface area contributed by atoms with Crippen molar-refractivity contribution in [3.63, 3.8) is 0 Å². The number of nitrogens with one attached hydrogen (secondary N) is 2. The molecule has 0 radical (unpaired) electrons. The van der Waals surface area contributed by atoms with Crippen LogP contribution < -0.4 is 26.6 Å². The van der Waals surface area contributed by atoms with Crippen LogP contribution in [0.3, 0.4) is 0 Å². The minimum atomic E-state index is -0.658. The van der Waals surface area contributed by atoms with Gasteiger partial charge < -0.3 is 15.4 Å². The van der Waals surface area contributed by atoms with Gasteiger partial charge in [0.05, 0.1) is 17.5 Å². The lowest BCUT2D eigenvalue weighted by Crippen LogP contribution is -2.42. The third-order valence-electron chi connectivity index (χ3n) is 6.09. The van der Waals surface area contributed by atoms with Gasteiger partial charge >= 0.3 is 5.69 Å². The van der Waals surface area contributed by atoms with Gasteiger partial charge in [0, 0.05) is 30.2 Å². The molecule has 2 amide bonds. The topological polar surface area (TPSA) is 111 Å². The summed E-state index contributed by atoms with van der Waals surface area (Å²) in [5.41, 5.74) is 0.751. The smallest absolute Gasteiger partial charge is 0.331 e. The van der Waals surface area contributed by atoms with Crippen molar-refractivity contribution in [3.05, 3.63) is 104 Å². The second-order valence-electron chi connectivity index (χ2n) is 8.82. The van der Waals surface area contributed by atoms with E-state index in [2.05, 4.69) is 10.6 Å². The Balaban J connectivity index is 1.46. The molecule has 0 saturated heterocycles. The van der Waals surface area contributed by atoms with Crippen molar-refractivity contribution in [3.8, 4) is 5.75 Å². The summed E-state index contributed by atoms with van der Waals surface area (Å²) in [4.78, 5) is 51.7. The van der Waals surface area contributed by atoms with Crippen LogP contribution >= 0.6 is 11.6 Å². The summed E-state index contributed by atoms with van der Waals surface area (Å²) in [5, 5.41) is 6.50. The summed E-state index contributed by atoms with van der Waals surface area (Å²) < 4.78 is 7.67. The molecule has 4 aromatic rings. The number of hydrogen-bond donors (Lipinski definition) is 2. The molecule has 0 bridgehead atoms. The number of aromatic nitrogens is 2. The Bertz CT molecular complexity index is 1580. The molecule has 0 unspecified atom stereocenters. The van der Waals surface area contributed by atoms with Crippen LogP contribution in [-0.4, -0.2) is 34.1 Å². The highest BCUT2D eigenvalue weighted by molar-refractivity contribution is 6.30. The van der Waals surface area contributed by atoms with Crippen LogP contribution in [0.1, 0.15) is 18.9 Å². The SMILES string of the molecule is CCOc1ccc(NC(=O)Cn2c(=O)n(CCC(=O)NCCc3ccc(Cl)cc3)c(=O)c3ccccc32)cc1. The summed E-state index contributed by atoms with van der Waals surface area (Å²) in [6.45, 7) is 2.40. The van der Waals surface area contributed by atoms with Crippen molar-refractivity contribution in [2.75, 3.05) is 18.5 Å².